The van der Waals surface area contributed by atoms with Gasteiger partial charge in [0, 0.05) is 23.7 Å². The standard InChI is InChI=1S/C28H28N2O4/c1-18-16-24(13-11-21(18)12-14-26(31)32)33-17-19(2)27-20(3)30-28(34-27)23-9-7-22(8-10-23)25-6-4-5-15-29-25/h4-11,13,15-16,19H,12,14,17H2,1-3H3,(H,31,32). The SMILES string of the molecule is Cc1cc(OCC(C)c2oc(-c3ccc(-c4ccccn4)cc3)nc2C)ccc1CCC(=O)O. The van der Waals surface area contributed by atoms with Gasteiger partial charge in [0.2, 0.25) is 5.89 Å². The largest absolute Gasteiger partial charge is 0.493 e. The zero-order valence-corrected chi connectivity index (χ0v) is 19.6. The van der Waals surface area contributed by atoms with E-state index in [0.29, 0.717) is 18.9 Å². The van der Waals surface area contributed by atoms with Crippen molar-refractivity contribution in [1.82, 2.24) is 9.97 Å². The summed E-state index contributed by atoms with van der Waals surface area (Å²) < 4.78 is 12.1. The van der Waals surface area contributed by atoms with E-state index >= 15 is 0 Å². The minimum Gasteiger partial charge on any atom is -0.493 e. The lowest BCUT2D eigenvalue weighted by atomic mass is 10.0. The first-order valence-electron chi connectivity index (χ1n) is 11.3. The number of aromatic nitrogens is 2. The molecular formula is C28H28N2O4. The van der Waals surface area contributed by atoms with Gasteiger partial charge in [0.15, 0.2) is 0 Å². The monoisotopic (exact) mass is 456 g/mol. The van der Waals surface area contributed by atoms with Gasteiger partial charge in [-0.05, 0) is 67.8 Å². The van der Waals surface area contributed by atoms with E-state index in [1.165, 1.54) is 0 Å². The Bertz CT molecular complexity index is 1260. The third-order valence-electron chi connectivity index (χ3n) is 5.79. The fraction of sp³-hybridized carbons (Fsp3) is 0.250. The maximum Gasteiger partial charge on any atom is 0.303 e. The van der Waals surface area contributed by atoms with Crippen LogP contribution in [-0.2, 0) is 11.2 Å². The van der Waals surface area contributed by atoms with Crippen LogP contribution in [0.3, 0.4) is 0 Å². The van der Waals surface area contributed by atoms with Gasteiger partial charge in [0.05, 0.1) is 23.9 Å². The molecule has 0 amide bonds. The van der Waals surface area contributed by atoms with Crippen molar-refractivity contribution in [3.8, 4) is 28.5 Å². The summed E-state index contributed by atoms with van der Waals surface area (Å²) in [6.45, 7) is 6.42. The van der Waals surface area contributed by atoms with Crippen molar-refractivity contribution in [2.75, 3.05) is 6.61 Å². The Morgan fingerprint density at radius 3 is 2.50 bits per heavy atom. The second-order valence-electron chi connectivity index (χ2n) is 8.46. The summed E-state index contributed by atoms with van der Waals surface area (Å²) in [6.07, 6.45) is 2.42. The summed E-state index contributed by atoms with van der Waals surface area (Å²) in [7, 11) is 0. The van der Waals surface area contributed by atoms with Crippen LogP contribution in [0.2, 0.25) is 0 Å². The molecule has 174 valence electrons. The number of carboxylic acids is 1. The highest BCUT2D eigenvalue weighted by molar-refractivity contribution is 5.67. The van der Waals surface area contributed by atoms with Crippen LogP contribution in [-0.4, -0.2) is 27.7 Å². The Kier molecular flexibility index (Phi) is 7.07. The zero-order chi connectivity index (χ0) is 24.1. The average Bonchev–Trinajstić information content (AvgIpc) is 3.24. The molecule has 34 heavy (non-hydrogen) atoms. The average molecular weight is 457 g/mol. The number of pyridine rings is 1. The molecule has 4 rings (SSSR count). The molecule has 2 aromatic heterocycles. The maximum absolute atomic E-state index is 10.8. The maximum atomic E-state index is 10.8. The van der Waals surface area contributed by atoms with Gasteiger partial charge in [-0.15, -0.1) is 0 Å². The molecule has 1 N–H and O–H groups in total. The van der Waals surface area contributed by atoms with Gasteiger partial charge in [-0.3, -0.25) is 9.78 Å². The van der Waals surface area contributed by atoms with Crippen LogP contribution in [0, 0.1) is 13.8 Å². The molecule has 0 saturated heterocycles. The minimum absolute atomic E-state index is 0.0148. The van der Waals surface area contributed by atoms with Gasteiger partial charge in [0.25, 0.3) is 0 Å². The van der Waals surface area contributed by atoms with Crippen LogP contribution in [0.25, 0.3) is 22.7 Å². The fourth-order valence-corrected chi connectivity index (χ4v) is 3.88. The fourth-order valence-electron chi connectivity index (χ4n) is 3.88. The van der Waals surface area contributed by atoms with Crippen molar-refractivity contribution in [3.63, 3.8) is 0 Å². The number of carbonyl (C=O) groups is 1. The smallest absolute Gasteiger partial charge is 0.303 e. The number of aliphatic carboxylic acids is 1. The predicted molar refractivity (Wildman–Crippen MR) is 131 cm³/mol. The summed E-state index contributed by atoms with van der Waals surface area (Å²) >= 11 is 0. The highest BCUT2D eigenvalue weighted by atomic mass is 16.5. The lowest BCUT2D eigenvalue weighted by Crippen LogP contribution is -2.08. The van der Waals surface area contributed by atoms with E-state index in [1.807, 2.05) is 74.5 Å². The number of oxazole rings is 1. The molecule has 0 aliphatic carbocycles. The Balaban J connectivity index is 1.41. The third kappa shape index (κ3) is 5.52. The first-order chi connectivity index (χ1) is 16.4. The number of nitrogens with zero attached hydrogens (tertiary/aromatic N) is 2. The molecule has 0 saturated carbocycles. The summed E-state index contributed by atoms with van der Waals surface area (Å²) in [6, 6.07) is 19.7. The van der Waals surface area contributed by atoms with Crippen LogP contribution in [0.1, 0.15) is 41.8 Å². The summed E-state index contributed by atoms with van der Waals surface area (Å²) in [5, 5.41) is 8.89. The summed E-state index contributed by atoms with van der Waals surface area (Å²) in [5.41, 5.74) is 5.77. The van der Waals surface area contributed by atoms with E-state index in [-0.39, 0.29) is 12.3 Å². The minimum atomic E-state index is -0.792. The lowest BCUT2D eigenvalue weighted by molar-refractivity contribution is -0.136. The summed E-state index contributed by atoms with van der Waals surface area (Å²) in [4.78, 5) is 19.8. The molecule has 1 unspecified atom stereocenters. The van der Waals surface area contributed by atoms with Crippen LogP contribution < -0.4 is 4.74 Å². The molecule has 2 aromatic carbocycles. The Labute approximate surface area is 199 Å². The Hall–Kier alpha value is -3.93. The van der Waals surface area contributed by atoms with Gasteiger partial charge in [-0.25, -0.2) is 4.98 Å². The predicted octanol–water partition coefficient (Wildman–Crippen LogP) is 6.22. The van der Waals surface area contributed by atoms with E-state index in [4.69, 9.17) is 14.3 Å². The topological polar surface area (TPSA) is 85.5 Å². The van der Waals surface area contributed by atoms with Crippen LogP contribution in [0.15, 0.2) is 71.3 Å². The van der Waals surface area contributed by atoms with E-state index in [9.17, 15) is 4.79 Å². The van der Waals surface area contributed by atoms with Crippen molar-refractivity contribution in [2.45, 2.75) is 39.5 Å². The highest BCUT2D eigenvalue weighted by Gasteiger charge is 2.18. The third-order valence-corrected chi connectivity index (χ3v) is 5.79. The number of benzene rings is 2. The highest BCUT2D eigenvalue weighted by Crippen LogP contribution is 2.29. The van der Waals surface area contributed by atoms with Gasteiger partial charge in [0.1, 0.15) is 11.5 Å². The first kappa shape index (κ1) is 23.2. The summed E-state index contributed by atoms with van der Waals surface area (Å²) in [5.74, 6) is 1.37. The number of hydrogen-bond donors (Lipinski definition) is 1. The van der Waals surface area contributed by atoms with Crippen molar-refractivity contribution >= 4 is 5.97 Å². The number of hydrogen-bond acceptors (Lipinski definition) is 5. The van der Waals surface area contributed by atoms with Crippen molar-refractivity contribution < 1.29 is 19.1 Å². The lowest BCUT2D eigenvalue weighted by Gasteiger charge is -2.13. The number of aryl methyl sites for hydroxylation is 3. The van der Waals surface area contributed by atoms with Crippen molar-refractivity contribution in [2.24, 2.45) is 0 Å². The molecule has 0 spiro atoms. The van der Waals surface area contributed by atoms with Crippen LogP contribution >= 0.6 is 0 Å². The molecule has 1 atom stereocenters. The first-order valence-corrected chi connectivity index (χ1v) is 11.3. The molecule has 0 aliphatic rings. The molecule has 0 bridgehead atoms. The second kappa shape index (κ2) is 10.3. The molecule has 6 nitrogen and oxygen atoms in total. The molecule has 6 heteroatoms. The Morgan fingerprint density at radius 1 is 1.06 bits per heavy atom. The molecular weight excluding hydrogens is 428 g/mol. The van der Waals surface area contributed by atoms with Gasteiger partial charge >= 0.3 is 5.97 Å². The van der Waals surface area contributed by atoms with Crippen LogP contribution in [0.4, 0.5) is 0 Å². The van der Waals surface area contributed by atoms with Crippen molar-refractivity contribution in [1.29, 1.82) is 0 Å². The molecule has 4 aromatic rings. The molecule has 0 aliphatic heterocycles. The second-order valence-corrected chi connectivity index (χ2v) is 8.46. The quantitative estimate of drug-likeness (QED) is 0.322. The molecule has 0 radical (unpaired) electrons. The van der Waals surface area contributed by atoms with E-state index in [1.54, 1.807) is 6.20 Å². The number of rotatable bonds is 9. The van der Waals surface area contributed by atoms with Gasteiger partial charge in [-0.1, -0.05) is 31.2 Å². The van der Waals surface area contributed by atoms with E-state index in [2.05, 4.69) is 16.9 Å². The van der Waals surface area contributed by atoms with E-state index < -0.39 is 5.97 Å². The normalized spacial score (nSPS) is 11.9. The molecule has 0 fully saturated rings. The van der Waals surface area contributed by atoms with E-state index in [0.717, 1.165) is 45.2 Å². The number of carboxylic acid groups (broad SMARTS) is 1. The number of ether oxygens (including phenoxy) is 1. The van der Waals surface area contributed by atoms with Gasteiger partial charge < -0.3 is 14.3 Å². The van der Waals surface area contributed by atoms with Crippen LogP contribution in [0.5, 0.6) is 5.75 Å². The van der Waals surface area contributed by atoms with Gasteiger partial charge in [-0.2, -0.15) is 0 Å². The Morgan fingerprint density at radius 2 is 1.82 bits per heavy atom. The van der Waals surface area contributed by atoms with Crippen molar-refractivity contribution in [3.05, 3.63) is 89.4 Å². The zero-order valence-electron chi connectivity index (χ0n) is 19.6. The molecule has 2 heterocycles.